The number of carbonyl (C=O) groups is 1. The predicted molar refractivity (Wildman–Crippen MR) is 83.4 cm³/mol. The van der Waals surface area contributed by atoms with Crippen LogP contribution in [0, 0.1) is 5.92 Å². The minimum Gasteiger partial charge on any atom is -0.480 e. The highest BCUT2D eigenvalue weighted by Crippen LogP contribution is 2.42. The Labute approximate surface area is 128 Å². The monoisotopic (exact) mass is 294 g/mol. The molecule has 1 heterocycles. The van der Waals surface area contributed by atoms with Gasteiger partial charge < -0.3 is 10.4 Å². The molecular formula is C17H30N2O2. The van der Waals surface area contributed by atoms with Gasteiger partial charge in [0, 0.05) is 12.1 Å². The van der Waals surface area contributed by atoms with Crippen LogP contribution >= 0.6 is 0 Å². The van der Waals surface area contributed by atoms with Gasteiger partial charge in [-0.1, -0.05) is 19.8 Å². The maximum atomic E-state index is 11.8. The molecule has 0 radical (unpaired) electrons. The number of hydrogen-bond donors (Lipinski definition) is 2. The van der Waals surface area contributed by atoms with Crippen LogP contribution in [-0.2, 0) is 4.79 Å². The second-order valence-electron chi connectivity index (χ2n) is 7.35. The molecule has 2 saturated carbocycles. The first-order valence-electron chi connectivity index (χ1n) is 8.90. The van der Waals surface area contributed by atoms with Gasteiger partial charge in [0.15, 0.2) is 0 Å². The van der Waals surface area contributed by atoms with Crippen molar-refractivity contribution in [1.29, 1.82) is 0 Å². The summed E-state index contributed by atoms with van der Waals surface area (Å²) in [7, 11) is 0. The van der Waals surface area contributed by atoms with E-state index in [0.29, 0.717) is 6.04 Å². The van der Waals surface area contributed by atoms with Crippen molar-refractivity contribution in [1.82, 2.24) is 10.2 Å². The van der Waals surface area contributed by atoms with Crippen molar-refractivity contribution in [3.63, 3.8) is 0 Å². The fourth-order valence-electron chi connectivity index (χ4n) is 4.99. The molecule has 0 bridgehead atoms. The van der Waals surface area contributed by atoms with E-state index in [1.165, 1.54) is 38.6 Å². The Morgan fingerprint density at radius 3 is 2.86 bits per heavy atom. The van der Waals surface area contributed by atoms with Crippen molar-refractivity contribution in [2.45, 2.75) is 82.3 Å². The number of nitrogens with one attached hydrogen (secondary N) is 1. The van der Waals surface area contributed by atoms with Crippen molar-refractivity contribution in [2.75, 3.05) is 13.1 Å². The lowest BCUT2D eigenvalue weighted by molar-refractivity contribution is -0.144. The van der Waals surface area contributed by atoms with Crippen LogP contribution in [0.2, 0.25) is 0 Å². The summed E-state index contributed by atoms with van der Waals surface area (Å²) >= 11 is 0. The number of hydrogen-bond acceptors (Lipinski definition) is 3. The standard InChI is InChI=1S/C17H30N2O2/c1-2-10-18-17(16(20)21)9-7-14(12-17)19-11-8-13-5-3-4-6-15(13)19/h13-15,18H,2-12H2,1H3,(H,20,21). The molecule has 3 aliphatic rings. The van der Waals surface area contributed by atoms with E-state index >= 15 is 0 Å². The Hall–Kier alpha value is -0.610. The van der Waals surface area contributed by atoms with E-state index in [4.69, 9.17) is 0 Å². The third-order valence-corrected chi connectivity index (χ3v) is 6.13. The molecule has 2 N–H and O–H groups in total. The van der Waals surface area contributed by atoms with Gasteiger partial charge in [-0.2, -0.15) is 0 Å². The highest BCUT2D eigenvalue weighted by atomic mass is 16.4. The average molecular weight is 294 g/mol. The van der Waals surface area contributed by atoms with E-state index in [1.54, 1.807) is 0 Å². The van der Waals surface area contributed by atoms with Crippen molar-refractivity contribution in [2.24, 2.45) is 5.92 Å². The molecule has 4 heteroatoms. The quantitative estimate of drug-likeness (QED) is 0.818. The first-order valence-corrected chi connectivity index (χ1v) is 8.90. The number of rotatable bonds is 5. The summed E-state index contributed by atoms with van der Waals surface area (Å²) in [6, 6.07) is 1.23. The van der Waals surface area contributed by atoms with Crippen molar-refractivity contribution < 1.29 is 9.90 Å². The predicted octanol–water partition coefficient (Wildman–Crippen LogP) is 2.63. The van der Waals surface area contributed by atoms with E-state index in [9.17, 15) is 9.90 Å². The highest BCUT2D eigenvalue weighted by Gasteiger charge is 2.49. The van der Waals surface area contributed by atoms with Crippen LogP contribution in [-0.4, -0.2) is 46.7 Å². The van der Waals surface area contributed by atoms with E-state index in [1.807, 2.05) is 0 Å². The van der Waals surface area contributed by atoms with Crippen molar-refractivity contribution in [3.8, 4) is 0 Å². The fourth-order valence-corrected chi connectivity index (χ4v) is 4.99. The number of nitrogens with zero attached hydrogens (tertiary/aromatic N) is 1. The number of carboxylic acids is 1. The molecule has 4 nitrogen and oxygen atoms in total. The van der Waals surface area contributed by atoms with Gasteiger partial charge >= 0.3 is 5.97 Å². The maximum absolute atomic E-state index is 11.8. The van der Waals surface area contributed by atoms with Gasteiger partial charge in [0.2, 0.25) is 0 Å². The van der Waals surface area contributed by atoms with Gasteiger partial charge in [0.1, 0.15) is 5.54 Å². The molecule has 0 aromatic rings. The van der Waals surface area contributed by atoms with Crippen LogP contribution in [0.25, 0.3) is 0 Å². The summed E-state index contributed by atoms with van der Waals surface area (Å²) in [6.07, 6.45) is 10.5. The van der Waals surface area contributed by atoms with Gasteiger partial charge in [-0.3, -0.25) is 9.69 Å². The molecule has 3 rings (SSSR count). The summed E-state index contributed by atoms with van der Waals surface area (Å²) in [4.78, 5) is 14.5. The Kier molecular flexibility index (Phi) is 4.55. The summed E-state index contributed by atoms with van der Waals surface area (Å²) in [5.74, 6) is 0.250. The van der Waals surface area contributed by atoms with E-state index in [2.05, 4.69) is 17.1 Å². The van der Waals surface area contributed by atoms with Crippen molar-refractivity contribution in [3.05, 3.63) is 0 Å². The zero-order chi connectivity index (χ0) is 14.9. The molecule has 21 heavy (non-hydrogen) atoms. The first kappa shape index (κ1) is 15.3. The topological polar surface area (TPSA) is 52.6 Å². The molecule has 2 aliphatic carbocycles. The Bertz CT molecular complexity index is 387. The van der Waals surface area contributed by atoms with Gasteiger partial charge in [-0.25, -0.2) is 0 Å². The molecule has 0 amide bonds. The lowest BCUT2D eigenvalue weighted by atomic mass is 9.85. The zero-order valence-corrected chi connectivity index (χ0v) is 13.3. The van der Waals surface area contributed by atoms with Crippen LogP contribution in [0.5, 0.6) is 0 Å². The average Bonchev–Trinajstić information content (AvgIpc) is 3.10. The molecule has 4 atom stereocenters. The number of likely N-dealkylation sites (tertiary alicyclic amines) is 1. The molecular weight excluding hydrogens is 264 g/mol. The first-order chi connectivity index (χ1) is 10.2. The Morgan fingerprint density at radius 1 is 1.29 bits per heavy atom. The van der Waals surface area contributed by atoms with E-state index in [0.717, 1.165) is 44.2 Å². The summed E-state index contributed by atoms with van der Waals surface area (Å²) in [5, 5.41) is 13.0. The van der Waals surface area contributed by atoms with Gasteiger partial charge in [-0.05, 0) is 64.0 Å². The smallest absolute Gasteiger partial charge is 0.323 e. The Morgan fingerprint density at radius 2 is 2.10 bits per heavy atom. The number of aliphatic carboxylic acids is 1. The van der Waals surface area contributed by atoms with E-state index in [-0.39, 0.29) is 0 Å². The van der Waals surface area contributed by atoms with Crippen molar-refractivity contribution >= 4 is 5.97 Å². The SMILES string of the molecule is CCCNC1(C(=O)O)CCC(N2CCC3CCCCC32)C1. The van der Waals surface area contributed by atoms with Gasteiger partial charge in [0.25, 0.3) is 0 Å². The molecule has 0 spiro atoms. The van der Waals surface area contributed by atoms with Crippen LogP contribution in [0.3, 0.4) is 0 Å². The lowest BCUT2D eigenvalue weighted by Gasteiger charge is -2.36. The fraction of sp³-hybridized carbons (Fsp3) is 0.941. The molecule has 3 fully saturated rings. The maximum Gasteiger partial charge on any atom is 0.323 e. The summed E-state index contributed by atoms with van der Waals surface area (Å²) in [6.45, 7) is 4.11. The molecule has 0 aromatic heterocycles. The molecule has 1 saturated heterocycles. The number of fused-ring (bicyclic) bond motifs is 1. The van der Waals surface area contributed by atoms with Crippen LogP contribution in [0.1, 0.15) is 64.7 Å². The molecule has 120 valence electrons. The summed E-state index contributed by atoms with van der Waals surface area (Å²) < 4.78 is 0. The third kappa shape index (κ3) is 2.85. The largest absolute Gasteiger partial charge is 0.480 e. The van der Waals surface area contributed by atoms with E-state index < -0.39 is 11.5 Å². The Balaban J connectivity index is 1.66. The zero-order valence-electron chi connectivity index (χ0n) is 13.3. The normalized spacial score (nSPS) is 40.3. The van der Waals surface area contributed by atoms with Crippen LogP contribution in [0.4, 0.5) is 0 Å². The number of carboxylic acid groups (broad SMARTS) is 1. The van der Waals surface area contributed by atoms with Crippen LogP contribution < -0.4 is 5.32 Å². The van der Waals surface area contributed by atoms with Gasteiger partial charge in [0.05, 0.1) is 0 Å². The second-order valence-corrected chi connectivity index (χ2v) is 7.35. The van der Waals surface area contributed by atoms with Crippen LogP contribution in [0.15, 0.2) is 0 Å². The minimum atomic E-state index is -0.659. The molecule has 1 aliphatic heterocycles. The molecule has 0 aromatic carbocycles. The minimum absolute atomic E-state index is 0.485. The highest BCUT2D eigenvalue weighted by molar-refractivity contribution is 5.79. The van der Waals surface area contributed by atoms with Gasteiger partial charge in [-0.15, -0.1) is 0 Å². The second kappa shape index (κ2) is 6.25. The summed E-state index contributed by atoms with van der Waals surface area (Å²) in [5.41, 5.74) is -0.659. The molecule has 4 unspecified atom stereocenters. The third-order valence-electron chi connectivity index (χ3n) is 6.13. The lowest BCUT2D eigenvalue weighted by Crippen LogP contribution is -2.52.